The molecule has 0 amide bonds. The van der Waals surface area contributed by atoms with Gasteiger partial charge in [0.25, 0.3) is 0 Å². The van der Waals surface area contributed by atoms with E-state index in [2.05, 4.69) is 11.9 Å². The molecule has 0 aliphatic rings. The second-order valence-electron chi connectivity index (χ2n) is 7.99. The van der Waals surface area contributed by atoms with Crippen molar-refractivity contribution in [3.8, 4) is 0 Å². The Morgan fingerprint density at radius 1 is 0.741 bits per heavy atom. The van der Waals surface area contributed by atoms with E-state index in [-0.39, 0.29) is 5.97 Å². The summed E-state index contributed by atoms with van der Waals surface area (Å²) in [7, 11) is 0. The maximum atomic E-state index is 11.8. The molecule has 1 N–H and O–H groups in total. The first-order chi connectivity index (χ1) is 13.3. The highest BCUT2D eigenvalue weighted by Gasteiger charge is 2.10. The molecule has 0 spiro atoms. The fourth-order valence-electron chi connectivity index (χ4n) is 3.55. The molecule has 3 nitrogen and oxygen atoms in total. The highest BCUT2D eigenvalue weighted by atomic mass is 16.5. The van der Waals surface area contributed by atoms with E-state index in [9.17, 15) is 4.79 Å². The Balaban J connectivity index is 1.76. The SMILES string of the molecule is CCCCCCCCCCCCCCCCCCOC(=O)c1c[nH]cc1C. The number of rotatable bonds is 18. The summed E-state index contributed by atoms with van der Waals surface area (Å²) < 4.78 is 5.33. The zero-order valence-electron chi connectivity index (χ0n) is 18.0. The molecule has 0 aliphatic heterocycles. The molecular formula is C24H43NO2. The number of hydrogen-bond acceptors (Lipinski definition) is 2. The van der Waals surface area contributed by atoms with Gasteiger partial charge in [0.15, 0.2) is 0 Å². The first-order valence-electron chi connectivity index (χ1n) is 11.6. The molecule has 0 unspecified atom stereocenters. The van der Waals surface area contributed by atoms with Crippen molar-refractivity contribution in [3.63, 3.8) is 0 Å². The van der Waals surface area contributed by atoms with E-state index in [4.69, 9.17) is 4.74 Å². The van der Waals surface area contributed by atoms with Crippen LogP contribution in [-0.2, 0) is 4.74 Å². The average molecular weight is 378 g/mol. The van der Waals surface area contributed by atoms with E-state index >= 15 is 0 Å². The average Bonchev–Trinajstić information content (AvgIpc) is 3.10. The van der Waals surface area contributed by atoms with E-state index in [1.165, 1.54) is 89.9 Å². The van der Waals surface area contributed by atoms with E-state index < -0.39 is 0 Å². The first-order valence-corrected chi connectivity index (χ1v) is 11.6. The predicted molar refractivity (Wildman–Crippen MR) is 115 cm³/mol. The molecule has 1 aromatic rings. The normalized spacial score (nSPS) is 11.0. The molecule has 0 aliphatic carbocycles. The number of carbonyl (C=O) groups is 1. The molecule has 3 heteroatoms. The second kappa shape index (κ2) is 16.9. The number of unbranched alkanes of at least 4 members (excludes halogenated alkanes) is 15. The number of esters is 1. The van der Waals surface area contributed by atoms with E-state index in [1.54, 1.807) is 6.20 Å². The van der Waals surface area contributed by atoms with E-state index in [1.807, 2.05) is 13.1 Å². The van der Waals surface area contributed by atoms with Crippen molar-refractivity contribution >= 4 is 5.97 Å². The van der Waals surface area contributed by atoms with Crippen LogP contribution in [0.2, 0.25) is 0 Å². The van der Waals surface area contributed by atoms with E-state index in [0.717, 1.165) is 18.4 Å². The second-order valence-corrected chi connectivity index (χ2v) is 7.99. The van der Waals surface area contributed by atoms with Gasteiger partial charge in [-0.2, -0.15) is 0 Å². The lowest BCUT2D eigenvalue weighted by Gasteiger charge is -2.05. The first kappa shape index (κ1) is 23.8. The number of aryl methyl sites for hydroxylation is 1. The summed E-state index contributed by atoms with van der Waals surface area (Å²) in [6, 6.07) is 0. The lowest BCUT2D eigenvalue weighted by atomic mass is 10.0. The maximum Gasteiger partial charge on any atom is 0.339 e. The minimum Gasteiger partial charge on any atom is -0.462 e. The largest absolute Gasteiger partial charge is 0.462 e. The molecule has 156 valence electrons. The van der Waals surface area contributed by atoms with Gasteiger partial charge in [-0.15, -0.1) is 0 Å². The monoisotopic (exact) mass is 377 g/mol. The van der Waals surface area contributed by atoms with Crippen LogP contribution in [0.1, 0.15) is 126 Å². The lowest BCUT2D eigenvalue weighted by Crippen LogP contribution is -2.06. The summed E-state index contributed by atoms with van der Waals surface area (Å²) >= 11 is 0. The Morgan fingerprint density at radius 2 is 1.19 bits per heavy atom. The number of aromatic amines is 1. The number of nitrogens with one attached hydrogen (secondary N) is 1. The third-order valence-electron chi connectivity index (χ3n) is 5.40. The van der Waals surface area contributed by atoms with Crippen LogP contribution in [0.5, 0.6) is 0 Å². The van der Waals surface area contributed by atoms with Crippen LogP contribution in [0.3, 0.4) is 0 Å². The van der Waals surface area contributed by atoms with Crippen LogP contribution in [0.15, 0.2) is 12.4 Å². The Bertz CT molecular complexity index is 467. The topological polar surface area (TPSA) is 42.1 Å². The Hall–Kier alpha value is -1.25. The van der Waals surface area contributed by atoms with Crippen molar-refractivity contribution in [1.82, 2.24) is 4.98 Å². The third kappa shape index (κ3) is 12.7. The van der Waals surface area contributed by atoms with Gasteiger partial charge in [-0.05, 0) is 18.9 Å². The molecule has 0 saturated heterocycles. The quantitative estimate of drug-likeness (QED) is 0.210. The summed E-state index contributed by atoms with van der Waals surface area (Å²) in [6.45, 7) is 4.74. The number of carbonyl (C=O) groups excluding carboxylic acids is 1. The molecule has 1 rings (SSSR count). The van der Waals surface area contributed by atoms with Crippen LogP contribution < -0.4 is 0 Å². The summed E-state index contributed by atoms with van der Waals surface area (Å²) in [4.78, 5) is 14.8. The zero-order valence-corrected chi connectivity index (χ0v) is 18.0. The van der Waals surface area contributed by atoms with Crippen molar-refractivity contribution in [2.75, 3.05) is 6.61 Å². The summed E-state index contributed by atoms with van der Waals surface area (Å²) in [6.07, 6.45) is 25.2. The number of ether oxygens (including phenoxy) is 1. The van der Waals surface area contributed by atoms with Crippen molar-refractivity contribution in [1.29, 1.82) is 0 Å². The highest BCUT2D eigenvalue weighted by molar-refractivity contribution is 5.90. The van der Waals surface area contributed by atoms with Gasteiger partial charge in [-0.25, -0.2) is 4.79 Å². The number of aromatic nitrogens is 1. The van der Waals surface area contributed by atoms with E-state index in [0.29, 0.717) is 12.2 Å². The van der Waals surface area contributed by atoms with Gasteiger partial charge in [0, 0.05) is 12.4 Å². The molecule has 0 atom stereocenters. The minimum atomic E-state index is -0.199. The standard InChI is InChI=1S/C24H43NO2/c1-3-4-5-6-7-8-9-10-11-12-13-14-15-16-17-18-19-27-24(26)23-21-25-20-22(23)2/h20-21,25H,3-19H2,1-2H3. The minimum absolute atomic E-state index is 0.199. The molecule has 0 bridgehead atoms. The number of hydrogen-bond donors (Lipinski definition) is 1. The Labute approximate surface area is 167 Å². The smallest absolute Gasteiger partial charge is 0.339 e. The fraction of sp³-hybridized carbons (Fsp3) is 0.792. The molecule has 0 radical (unpaired) electrons. The van der Waals surface area contributed by atoms with Crippen LogP contribution >= 0.6 is 0 Å². The van der Waals surface area contributed by atoms with Crippen molar-refractivity contribution in [3.05, 3.63) is 23.5 Å². The van der Waals surface area contributed by atoms with Crippen LogP contribution in [0.4, 0.5) is 0 Å². The molecule has 27 heavy (non-hydrogen) atoms. The Morgan fingerprint density at radius 3 is 1.59 bits per heavy atom. The molecule has 0 fully saturated rings. The Kier molecular flexibility index (Phi) is 14.9. The van der Waals surface area contributed by atoms with Gasteiger partial charge in [0.1, 0.15) is 0 Å². The van der Waals surface area contributed by atoms with Crippen LogP contribution in [0, 0.1) is 6.92 Å². The highest BCUT2D eigenvalue weighted by Crippen LogP contribution is 2.14. The molecule has 1 heterocycles. The molecule has 0 saturated carbocycles. The van der Waals surface area contributed by atoms with Crippen molar-refractivity contribution < 1.29 is 9.53 Å². The molecule has 1 aromatic heterocycles. The van der Waals surface area contributed by atoms with Gasteiger partial charge in [-0.1, -0.05) is 103 Å². The third-order valence-corrected chi connectivity index (χ3v) is 5.40. The maximum absolute atomic E-state index is 11.8. The van der Waals surface area contributed by atoms with Crippen molar-refractivity contribution in [2.45, 2.75) is 117 Å². The van der Waals surface area contributed by atoms with Crippen molar-refractivity contribution in [2.24, 2.45) is 0 Å². The summed E-state index contributed by atoms with van der Waals surface area (Å²) in [5.74, 6) is -0.199. The fourth-order valence-corrected chi connectivity index (χ4v) is 3.55. The lowest BCUT2D eigenvalue weighted by molar-refractivity contribution is 0.0497. The summed E-state index contributed by atoms with van der Waals surface area (Å²) in [5.41, 5.74) is 1.61. The van der Waals surface area contributed by atoms with Crippen LogP contribution in [0.25, 0.3) is 0 Å². The van der Waals surface area contributed by atoms with Gasteiger partial charge in [0.05, 0.1) is 12.2 Å². The van der Waals surface area contributed by atoms with Gasteiger partial charge >= 0.3 is 5.97 Å². The van der Waals surface area contributed by atoms with Gasteiger partial charge < -0.3 is 9.72 Å². The zero-order chi connectivity index (χ0) is 19.6. The summed E-state index contributed by atoms with van der Waals surface area (Å²) in [5, 5.41) is 0. The van der Waals surface area contributed by atoms with Gasteiger partial charge in [-0.3, -0.25) is 0 Å². The van der Waals surface area contributed by atoms with Crippen LogP contribution in [-0.4, -0.2) is 17.6 Å². The van der Waals surface area contributed by atoms with Gasteiger partial charge in [0.2, 0.25) is 0 Å². The number of H-pyrrole nitrogens is 1. The molecular weight excluding hydrogens is 334 g/mol. The molecule has 0 aromatic carbocycles. The predicted octanol–water partition coefficient (Wildman–Crippen LogP) is 7.74.